The second-order valence-electron chi connectivity index (χ2n) is 6.83. The van der Waals surface area contributed by atoms with E-state index in [0.717, 1.165) is 17.1 Å². The maximum Gasteiger partial charge on any atom is 0.0670 e. The average Bonchev–Trinajstić information content (AvgIpc) is 2.98. The van der Waals surface area contributed by atoms with Gasteiger partial charge in [-0.2, -0.15) is 5.26 Å². The third-order valence-electron chi connectivity index (χ3n) is 4.39. The Hall–Kier alpha value is -1.20. The van der Waals surface area contributed by atoms with Gasteiger partial charge < -0.3 is 4.90 Å². The van der Waals surface area contributed by atoms with E-state index in [9.17, 15) is 0 Å². The highest BCUT2D eigenvalue weighted by molar-refractivity contribution is 6.30. The summed E-state index contributed by atoms with van der Waals surface area (Å²) in [4.78, 5) is 2.47. The van der Waals surface area contributed by atoms with E-state index >= 15 is 0 Å². The van der Waals surface area contributed by atoms with Crippen molar-refractivity contribution in [3.05, 3.63) is 28.3 Å². The average molecular weight is 275 g/mol. The molecule has 1 heterocycles. The van der Waals surface area contributed by atoms with Crippen LogP contribution in [0, 0.1) is 11.3 Å². The van der Waals surface area contributed by atoms with Crippen LogP contribution < -0.4 is 4.90 Å². The van der Waals surface area contributed by atoms with Crippen molar-refractivity contribution in [1.82, 2.24) is 0 Å². The normalized spacial score (nSPS) is 19.4. The molecule has 0 radical (unpaired) electrons. The highest BCUT2D eigenvalue weighted by atomic mass is 35.5. The lowest BCUT2D eigenvalue weighted by atomic mass is 9.95. The summed E-state index contributed by atoms with van der Waals surface area (Å²) in [5.41, 5.74) is 4.14. The number of rotatable bonds is 1. The van der Waals surface area contributed by atoms with E-state index in [4.69, 9.17) is 16.9 Å². The van der Waals surface area contributed by atoms with E-state index in [-0.39, 0.29) is 5.54 Å². The van der Waals surface area contributed by atoms with Crippen molar-refractivity contribution in [2.45, 2.75) is 51.0 Å². The van der Waals surface area contributed by atoms with Crippen LogP contribution in [0.5, 0.6) is 0 Å². The number of anilines is 1. The van der Waals surface area contributed by atoms with Gasteiger partial charge in [-0.05, 0) is 56.9 Å². The van der Waals surface area contributed by atoms with Crippen molar-refractivity contribution in [3.8, 4) is 6.07 Å². The number of fused-ring (bicyclic) bond motifs is 2. The highest BCUT2D eigenvalue weighted by Crippen LogP contribution is 2.59. The van der Waals surface area contributed by atoms with Crippen LogP contribution in [-0.4, -0.2) is 12.1 Å². The summed E-state index contributed by atoms with van der Waals surface area (Å²) < 4.78 is 0. The molecule has 0 saturated heterocycles. The lowest BCUT2D eigenvalue weighted by Gasteiger charge is -2.36. The smallest absolute Gasteiger partial charge is 0.0670 e. The summed E-state index contributed by atoms with van der Waals surface area (Å²) in [5, 5.41) is 9.83. The lowest BCUT2D eigenvalue weighted by Crippen LogP contribution is -2.42. The molecule has 1 aliphatic carbocycles. The van der Waals surface area contributed by atoms with E-state index in [2.05, 4.69) is 37.8 Å². The fraction of sp³-hybridized carbons (Fsp3) is 0.562. The second-order valence-corrected chi connectivity index (χ2v) is 7.27. The van der Waals surface area contributed by atoms with Gasteiger partial charge in [-0.1, -0.05) is 11.6 Å². The van der Waals surface area contributed by atoms with Crippen LogP contribution in [0.4, 0.5) is 5.69 Å². The summed E-state index contributed by atoms with van der Waals surface area (Å²) in [6.45, 7) is 7.79. The van der Waals surface area contributed by atoms with Crippen molar-refractivity contribution >= 4 is 17.3 Å². The summed E-state index contributed by atoms with van der Waals surface area (Å²) >= 11 is 6.25. The van der Waals surface area contributed by atoms with Gasteiger partial charge in [0.2, 0.25) is 0 Å². The molecule has 3 rings (SSSR count). The molecule has 0 N–H and O–H groups in total. The Kier molecular flexibility index (Phi) is 2.63. The quantitative estimate of drug-likeness (QED) is 0.772. The van der Waals surface area contributed by atoms with Crippen molar-refractivity contribution in [3.63, 3.8) is 0 Å². The molecule has 0 aromatic heterocycles. The molecule has 1 saturated carbocycles. The molecule has 2 aliphatic rings. The summed E-state index contributed by atoms with van der Waals surface area (Å²) in [7, 11) is 0. The Morgan fingerprint density at radius 2 is 2.05 bits per heavy atom. The Balaban J connectivity index is 2.20. The zero-order chi connectivity index (χ0) is 13.8. The van der Waals surface area contributed by atoms with Gasteiger partial charge in [-0.3, -0.25) is 0 Å². The van der Waals surface area contributed by atoms with Crippen LogP contribution in [0.3, 0.4) is 0 Å². The molecule has 2 nitrogen and oxygen atoms in total. The molecule has 1 aromatic carbocycles. The third-order valence-corrected chi connectivity index (χ3v) is 4.61. The molecule has 0 unspecified atom stereocenters. The minimum Gasteiger partial charge on any atom is -0.365 e. The monoisotopic (exact) mass is 274 g/mol. The SMILES string of the molecule is CC(C)(C)N1CC2(CC2)c2cc(Cl)cc(CC#N)c21. The third kappa shape index (κ3) is 1.92. The van der Waals surface area contributed by atoms with Crippen LogP contribution in [-0.2, 0) is 11.8 Å². The second kappa shape index (κ2) is 3.90. The van der Waals surface area contributed by atoms with Gasteiger partial charge in [0.25, 0.3) is 0 Å². The van der Waals surface area contributed by atoms with Gasteiger partial charge in [0, 0.05) is 28.2 Å². The maximum atomic E-state index is 9.07. The Morgan fingerprint density at radius 1 is 1.37 bits per heavy atom. The van der Waals surface area contributed by atoms with E-state index in [1.54, 1.807) is 0 Å². The molecule has 0 bridgehead atoms. The Labute approximate surface area is 120 Å². The number of hydrogen-bond donors (Lipinski definition) is 0. The molecule has 19 heavy (non-hydrogen) atoms. The molecule has 0 atom stereocenters. The number of halogens is 1. The predicted molar refractivity (Wildman–Crippen MR) is 78.8 cm³/mol. The fourth-order valence-corrected chi connectivity index (χ4v) is 3.46. The Bertz CT molecular complexity index is 574. The van der Waals surface area contributed by atoms with Crippen molar-refractivity contribution in [2.75, 3.05) is 11.4 Å². The molecule has 1 spiro atoms. The van der Waals surface area contributed by atoms with Crippen molar-refractivity contribution in [1.29, 1.82) is 5.26 Å². The van der Waals surface area contributed by atoms with Crippen LogP contribution in [0.15, 0.2) is 12.1 Å². The highest BCUT2D eigenvalue weighted by Gasteiger charge is 2.54. The van der Waals surface area contributed by atoms with Gasteiger partial charge in [0.1, 0.15) is 0 Å². The van der Waals surface area contributed by atoms with Crippen LogP contribution in [0.2, 0.25) is 5.02 Å². The topological polar surface area (TPSA) is 27.0 Å². The molecule has 1 fully saturated rings. The lowest BCUT2D eigenvalue weighted by molar-refractivity contribution is 0.496. The first kappa shape index (κ1) is 12.8. The molecule has 1 aliphatic heterocycles. The van der Waals surface area contributed by atoms with Crippen molar-refractivity contribution < 1.29 is 0 Å². The van der Waals surface area contributed by atoms with Crippen LogP contribution in [0.1, 0.15) is 44.7 Å². The summed E-state index contributed by atoms with van der Waals surface area (Å²) in [5.74, 6) is 0. The maximum absolute atomic E-state index is 9.07. The van der Waals surface area contributed by atoms with E-state index in [1.165, 1.54) is 24.1 Å². The molecule has 1 aromatic rings. The zero-order valence-corrected chi connectivity index (χ0v) is 12.5. The molecule has 0 amide bonds. The van der Waals surface area contributed by atoms with E-state index in [1.807, 2.05) is 6.07 Å². The first-order valence-electron chi connectivity index (χ1n) is 6.85. The van der Waals surface area contributed by atoms with Gasteiger partial charge >= 0.3 is 0 Å². The van der Waals surface area contributed by atoms with E-state index in [0.29, 0.717) is 11.8 Å². The number of nitrogens with zero attached hydrogens (tertiary/aromatic N) is 2. The first-order valence-corrected chi connectivity index (χ1v) is 7.23. The minimum atomic E-state index is 0.0822. The molecule has 3 heteroatoms. The summed E-state index contributed by atoms with van der Waals surface area (Å²) in [6, 6.07) is 6.36. The van der Waals surface area contributed by atoms with Crippen molar-refractivity contribution in [2.24, 2.45) is 0 Å². The molecule has 100 valence electrons. The van der Waals surface area contributed by atoms with Gasteiger partial charge in [0.05, 0.1) is 12.5 Å². The number of hydrogen-bond acceptors (Lipinski definition) is 2. The molecular formula is C16H19ClN2. The standard InChI is InChI=1S/C16H19ClN2/c1-15(2,3)19-10-16(5-6-16)13-9-12(17)8-11(4-7-18)14(13)19/h8-9H,4-6,10H2,1-3H3. The first-order chi connectivity index (χ1) is 8.87. The fourth-order valence-electron chi connectivity index (χ4n) is 3.22. The zero-order valence-electron chi connectivity index (χ0n) is 11.8. The Morgan fingerprint density at radius 3 is 2.58 bits per heavy atom. The van der Waals surface area contributed by atoms with Gasteiger partial charge in [0.15, 0.2) is 0 Å². The summed E-state index contributed by atoms with van der Waals surface area (Å²) in [6.07, 6.45) is 2.93. The van der Waals surface area contributed by atoms with E-state index < -0.39 is 0 Å². The molecular weight excluding hydrogens is 256 g/mol. The number of benzene rings is 1. The van der Waals surface area contributed by atoms with Gasteiger partial charge in [-0.25, -0.2) is 0 Å². The number of nitriles is 1. The van der Waals surface area contributed by atoms with Crippen LogP contribution >= 0.6 is 11.6 Å². The largest absolute Gasteiger partial charge is 0.365 e. The van der Waals surface area contributed by atoms with Gasteiger partial charge in [-0.15, -0.1) is 0 Å². The van der Waals surface area contributed by atoms with Crippen LogP contribution in [0.25, 0.3) is 0 Å². The minimum absolute atomic E-state index is 0.0822. The predicted octanol–water partition coefficient (Wildman–Crippen LogP) is 4.06.